The van der Waals surface area contributed by atoms with Crippen LogP contribution in [-0.4, -0.2) is 14.5 Å². The summed E-state index contributed by atoms with van der Waals surface area (Å²) < 4.78 is 8.79. The molecule has 1 aliphatic carbocycles. The van der Waals surface area contributed by atoms with Crippen molar-refractivity contribution in [2.75, 3.05) is 0 Å². The van der Waals surface area contributed by atoms with Crippen LogP contribution >= 0.6 is 0 Å². The number of aromatic nitrogens is 3. The molecule has 0 unspecified atom stereocenters. The first kappa shape index (κ1) is 29.8. The van der Waals surface area contributed by atoms with E-state index in [-0.39, 0.29) is 0 Å². The van der Waals surface area contributed by atoms with Gasteiger partial charge in [0.1, 0.15) is 11.3 Å². The van der Waals surface area contributed by atoms with Gasteiger partial charge in [0.2, 0.25) is 5.95 Å². The summed E-state index contributed by atoms with van der Waals surface area (Å²) in [5, 5.41) is 11.7. The molecule has 0 atom stereocenters. The van der Waals surface area contributed by atoms with Gasteiger partial charge in [-0.25, -0.2) is 9.97 Å². The first-order valence-electron chi connectivity index (χ1n) is 19.1. The lowest BCUT2D eigenvalue weighted by atomic mass is 9.98. The van der Waals surface area contributed by atoms with Crippen molar-refractivity contribution in [2.24, 2.45) is 0 Å². The van der Waals surface area contributed by atoms with Crippen LogP contribution < -0.4 is 0 Å². The maximum Gasteiger partial charge on any atom is 0.235 e. The second-order valence-corrected chi connectivity index (χ2v) is 14.9. The molecule has 0 saturated carbocycles. The highest BCUT2D eigenvalue weighted by Gasteiger charge is 2.28. The number of fused-ring (bicyclic) bond motifs is 12. The molecule has 56 heavy (non-hydrogen) atoms. The summed E-state index contributed by atoms with van der Waals surface area (Å²) in [5.41, 5.74) is 11.8. The van der Waals surface area contributed by atoms with E-state index in [1.165, 1.54) is 43.6 Å². The van der Waals surface area contributed by atoms with Crippen LogP contribution in [0.3, 0.4) is 0 Å². The van der Waals surface area contributed by atoms with Crippen molar-refractivity contribution in [1.82, 2.24) is 14.5 Å². The molecule has 0 N–H and O–H groups in total. The topological polar surface area (TPSA) is 43.9 Å². The highest BCUT2D eigenvalue weighted by Crippen LogP contribution is 2.52. The molecule has 13 rings (SSSR count). The number of hydrogen-bond donors (Lipinski definition) is 0. The molecule has 4 heteroatoms. The van der Waals surface area contributed by atoms with Gasteiger partial charge in [-0.1, -0.05) is 133 Å². The van der Waals surface area contributed by atoms with Crippen molar-refractivity contribution in [3.05, 3.63) is 176 Å². The van der Waals surface area contributed by atoms with E-state index in [2.05, 4.69) is 180 Å². The molecule has 0 amide bonds. The highest BCUT2D eigenvalue weighted by molar-refractivity contribution is 6.20. The Bertz CT molecular complexity index is 3660. The SMILES string of the molecule is c1ccc2cc(-c3nc(-n4c5ccccc5c5cc(-c6ccc7oc8c(c7c6)-c6cccc7cccc-8c67)ccc54)nc4ccc5ccccc5c34)ccc2c1. The lowest BCUT2D eigenvalue weighted by Crippen LogP contribution is -2.03. The highest BCUT2D eigenvalue weighted by atomic mass is 16.3. The average Bonchev–Trinajstić information content (AvgIpc) is 3.91. The summed E-state index contributed by atoms with van der Waals surface area (Å²) in [4.78, 5) is 10.8. The molecule has 3 heterocycles. The Morgan fingerprint density at radius 2 is 1.09 bits per heavy atom. The Morgan fingerprint density at radius 3 is 1.98 bits per heavy atom. The normalized spacial score (nSPS) is 12.3. The summed E-state index contributed by atoms with van der Waals surface area (Å²) >= 11 is 0. The smallest absolute Gasteiger partial charge is 0.235 e. The molecule has 12 aromatic rings. The second kappa shape index (κ2) is 11.0. The van der Waals surface area contributed by atoms with E-state index in [1.807, 2.05) is 0 Å². The van der Waals surface area contributed by atoms with E-state index >= 15 is 0 Å². The molecular weight excluding hydrogens is 683 g/mol. The van der Waals surface area contributed by atoms with Crippen molar-refractivity contribution < 1.29 is 4.42 Å². The van der Waals surface area contributed by atoms with E-state index in [0.717, 1.165) is 77.2 Å². The average molecular weight is 712 g/mol. The van der Waals surface area contributed by atoms with Crippen molar-refractivity contribution in [3.63, 3.8) is 0 Å². The van der Waals surface area contributed by atoms with Crippen molar-refractivity contribution in [1.29, 1.82) is 0 Å². The van der Waals surface area contributed by atoms with Gasteiger partial charge >= 0.3 is 0 Å². The zero-order chi connectivity index (χ0) is 36.5. The molecule has 9 aromatic carbocycles. The minimum absolute atomic E-state index is 0.652. The molecule has 0 saturated heterocycles. The first-order valence-corrected chi connectivity index (χ1v) is 19.1. The fraction of sp³-hybridized carbons (Fsp3) is 0. The largest absolute Gasteiger partial charge is 0.455 e. The van der Waals surface area contributed by atoms with Gasteiger partial charge < -0.3 is 4.42 Å². The number of benzene rings is 9. The quantitative estimate of drug-likeness (QED) is 0.171. The number of hydrogen-bond acceptors (Lipinski definition) is 3. The van der Waals surface area contributed by atoms with Gasteiger partial charge in [0, 0.05) is 43.6 Å². The Balaban J connectivity index is 1.02. The molecule has 0 fully saturated rings. The third-order valence-electron chi connectivity index (χ3n) is 11.9. The third-order valence-corrected chi connectivity index (χ3v) is 11.9. The maximum absolute atomic E-state index is 6.55. The molecule has 0 bridgehead atoms. The molecule has 0 spiro atoms. The number of furan rings is 1. The Hall–Kier alpha value is -7.56. The molecule has 0 radical (unpaired) electrons. The van der Waals surface area contributed by atoms with Gasteiger partial charge in [-0.2, -0.15) is 0 Å². The van der Waals surface area contributed by atoms with E-state index < -0.39 is 0 Å². The Morgan fingerprint density at radius 1 is 0.411 bits per heavy atom. The molecular formula is C52H29N3O. The van der Waals surface area contributed by atoms with Crippen LogP contribution in [0.4, 0.5) is 0 Å². The monoisotopic (exact) mass is 711 g/mol. The van der Waals surface area contributed by atoms with Crippen LogP contribution in [0.2, 0.25) is 0 Å². The number of para-hydroxylation sites is 1. The van der Waals surface area contributed by atoms with E-state index in [1.54, 1.807) is 0 Å². The molecule has 1 aliphatic rings. The van der Waals surface area contributed by atoms with Crippen molar-refractivity contribution in [2.45, 2.75) is 0 Å². The standard InChI is InChI=1S/C52H29N3O/c1-2-11-33-27-36(20-19-30(33)9-1)50-49-37-14-4-3-10-31(37)21-24-43(49)53-52(54-50)55-44-18-6-5-15-38(44)41-28-34(22-25-45(41)55)35-23-26-46-42(29-35)48-39-16-7-12-32-13-8-17-40(47(32)39)51(48)56-46/h1-29H. The first-order chi connectivity index (χ1) is 27.7. The van der Waals surface area contributed by atoms with E-state index in [9.17, 15) is 0 Å². The van der Waals surface area contributed by atoms with Gasteiger partial charge in [-0.05, 0) is 86.1 Å². The zero-order valence-electron chi connectivity index (χ0n) is 30.0. The van der Waals surface area contributed by atoms with E-state index in [0.29, 0.717) is 5.95 Å². The van der Waals surface area contributed by atoms with Gasteiger partial charge in [0.05, 0.1) is 22.2 Å². The lowest BCUT2D eigenvalue weighted by Gasteiger charge is -2.14. The minimum atomic E-state index is 0.652. The molecule has 258 valence electrons. The van der Waals surface area contributed by atoms with Crippen molar-refractivity contribution in [3.8, 4) is 50.8 Å². The number of nitrogens with zero attached hydrogens (tertiary/aromatic N) is 3. The van der Waals surface area contributed by atoms with Crippen LogP contribution in [0.15, 0.2) is 180 Å². The van der Waals surface area contributed by atoms with Crippen LogP contribution in [0.25, 0.3) is 127 Å². The fourth-order valence-electron chi connectivity index (χ4n) is 9.38. The van der Waals surface area contributed by atoms with Gasteiger partial charge in [-0.15, -0.1) is 0 Å². The van der Waals surface area contributed by atoms with Crippen LogP contribution in [-0.2, 0) is 0 Å². The third kappa shape index (κ3) is 4.07. The van der Waals surface area contributed by atoms with Gasteiger partial charge in [0.15, 0.2) is 0 Å². The van der Waals surface area contributed by atoms with Gasteiger partial charge in [0.25, 0.3) is 0 Å². The molecule has 4 nitrogen and oxygen atoms in total. The summed E-state index contributed by atoms with van der Waals surface area (Å²) in [6.45, 7) is 0. The molecule has 3 aromatic heterocycles. The number of rotatable bonds is 3. The minimum Gasteiger partial charge on any atom is -0.455 e. The predicted octanol–water partition coefficient (Wildman–Crippen LogP) is 13.9. The zero-order valence-corrected chi connectivity index (χ0v) is 30.0. The van der Waals surface area contributed by atoms with E-state index in [4.69, 9.17) is 14.4 Å². The predicted molar refractivity (Wildman–Crippen MR) is 231 cm³/mol. The Kier molecular flexibility index (Phi) is 5.86. The van der Waals surface area contributed by atoms with Crippen LogP contribution in [0.5, 0.6) is 0 Å². The summed E-state index contributed by atoms with van der Waals surface area (Å²) in [5.74, 6) is 1.62. The lowest BCUT2D eigenvalue weighted by molar-refractivity contribution is 0.634. The summed E-state index contributed by atoms with van der Waals surface area (Å²) in [7, 11) is 0. The maximum atomic E-state index is 6.55. The Labute approximate surface area is 320 Å². The summed E-state index contributed by atoms with van der Waals surface area (Å²) in [6.07, 6.45) is 0. The van der Waals surface area contributed by atoms with Crippen LogP contribution in [0, 0.1) is 0 Å². The second-order valence-electron chi connectivity index (χ2n) is 14.9. The van der Waals surface area contributed by atoms with Crippen LogP contribution in [0.1, 0.15) is 0 Å². The summed E-state index contributed by atoms with van der Waals surface area (Å²) in [6, 6.07) is 63.0. The fourth-order valence-corrected chi connectivity index (χ4v) is 9.38. The molecule has 0 aliphatic heterocycles. The van der Waals surface area contributed by atoms with Crippen molar-refractivity contribution >= 4 is 76.0 Å². The van der Waals surface area contributed by atoms with Gasteiger partial charge in [-0.3, -0.25) is 4.57 Å².